The number of carbonyl (C=O) groups excluding carboxylic acids is 1. The summed E-state index contributed by atoms with van der Waals surface area (Å²) in [6.07, 6.45) is 1.03. The first kappa shape index (κ1) is 14.0. The molecule has 1 aromatic rings. The van der Waals surface area contributed by atoms with Crippen LogP contribution in [-0.4, -0.2) is 18.8 Å². The normalized spacial score (nSPS) is 12.2. The van der Waals surface area contributed by atoms with Crippen molar-refractivity contribution in [3.05, 3.63) is 54.1 Å². The van der Waals surface area contributed by atoms with Gasteiger partial charge in [-0.1, -0.05) is 48.6 Å². The van der Waals surface area contributed by atoms with E-state index in [-0.39, 0.29) is 0 Å². The number of hydrogen-bond donors (Lipinski definition) is 0. The first-order chi connectivity index (χ1) is 8.47. The van der Waals surface area contributed by atoms with Crippen LogP contribution in [0.5, 0.6) is 0 Å². The average Bonchev–Trinajstić information content (AvgIpc) is 2.33. The second-order valence-corrected chi connectivity index (χ2v) is 3.35. The van der Waals surface area contributed by atoms with Crippen LogP contribution in [0, 0.1) is 0 Å². The zero-order valence-corrected chi connectivity index (χ0v) is 9.35. The van der Waals surface area contributed by atoms with Crippen molar-refractivity contribution >= 4 is 12.0 Å². The van der Waals surface area contributed by atoms with Gasteiger partial charge in [-0.15, -0.1) is 0 Å². The highest BCUT2D eigenvalue weighted by atomic mass is 19.4. The summed E-state index contributed by atoms with van der Waals surface area (Å²) in [5.74, 6) is -1.02. The molecule has 0 aromatic heterocycles. The smallest absolute Gasteiger partial charge is 0.422 e. The maximum Gasteiger partial charge on any atom is 0.422 e. The first-order valence-corrected chi connectivity index (χ1v) is 5.11. The zero-order valence-electron chi connectivity index (χ0n) is 9.35. The number of hydrogen-bond acceptors (Lipinski definition) is 2. The highest BCUT2D eigenvalue weighted by Crippen LogP contribution is 2.14. The van der Waals surface area contributed by atoms with Gasteiger partial charge in [0.25, 0.3) is 0 Å². The van der Waals surface area contributed by atoms with Crippen molar-refractivity contribution in [2.24, 2.45) is 0 Å². The Morgan fingerprint density at radius 1 is 1.17 bits per heavy atom. The second kappa shape index (κ2) is 6.64. The highest BCUT2D eigenvalue weighted by molar-refractivity contribution is 5.82. The van der Waals surface area contributed by atoms with Crippen molar-refractivity contribution in [3.8, 4) is 0 Å². The first-order valence-electron chi connectivity index (χ1n) is 5.11. The van der Waals surface area contributed by atoms with Crippen LogP contribution in [0.1, 0.15) is 5.56 Å². The Bertz CT molecular complexity index is 433. The summed E-state index contributed by atoms with van der Waals surface area (Å²) < 4.78 is 39.1. The van der Waals surface area contributed by atoms with Crippen molar-refractivity contribution in [2.45, 2.75) is 6.18 Å². The Balaban J connectivity index is 2.37. The van der Waals surface area contributed by atoms with Crippen molar-refractivity contribution in [3.63, 3.8) is 0 Å². The molecular weight excluding hydrogens is 245 g/mol. The minimum atomic E-state index is -4.50. The minimum absolute atomic E-state index is 0.922. The molecular formula is C13H11F3O2. The predicted octanol–water partition coefficient (Wildman–Crippen LogP) is 3.36. The molecule has 0 amide bonds. The van der Waals surface area contributed by atoms with Gasteiger partial charge in [-0.2, -0.15) is 13.2 Å². The lowest BCUT2D eigenvalue weighted by molar-refractivity contribution is -0.182. The number of halogens is 3. The minimum Gasteiger partial charge on any atom is -0.453 e. The lowest BCUT2D eigenvalue weighted by Gasteiger charge is -2.04. The van der Waals surface area contributed by atoms with E-state index in [1.54, 1.807) is 12.2 Å². The maximum absolute atomic E-state index is 11.7. The molecule has 1 rings (SSSR count). The van der Waals surface area contributed by atoms with Gasteiger partial charge >= 0.3 is 12.1 Å². The number of alkyl halides is 3. The lowest BCUT2D eigenvalue weighted by atomic mass is 10.2. The van der Waals surface area contributed by atoms with Gasteiger partial charge in [0.2, 0.25) is 0 Å². The van der Waals surface area contributed by atoms with Crippen LogP contribution in [0.25, 0.3) is 6.08 Å². The van der Waals surface area contributed by atoms with Gasteiger partial charge < -0.3 is 4.74 Å². The number of ether oxygens (including phenoxy) is 1. The molecule has 5 heteroatoms. The molecule has 0 fully saturated rings. The van der Waals surface area contributed by atoms with Gasteiger partial charge in [-0.3, -0.25) is 0 Å². The third kappa shape index (κ3) is 6.52. The van der Waals surface area contributed by atoms with Crippen LogP contribution < -0.4 is 0 Å². The summed E-state index contributed by atoms with van der Waals surface area (Å²) in [5.41, 5.74) is 0.922. The predicted molar refractivity (Wildman–Crippen MR) is 61.6 cm³/mol. The zero-order chi connectivity index (χ0) is 13.4. The van der Waals surface area contributed by atoms with E-state index < -0.39 is 18.8 Å². The van der Waals surface area contributed by atoms with Gasteiger partial charge in [0.15, 0.2) is 6.61 Å². The average molecular weight is 256 g/mol. The summed E-state index contributed by atoms with van der Waals surface area (Å²) in [6.45, 7) is -1.57. The molecule has 0 atom stereocenters. The molecule has 0 saturated carbocycles. The Morgan fingerprint density at radius 2 is 1.83 bits per heavy atom. The number of allylic oxidation sites excluding steroid dienone is 2. The molecule has 0 radical (unpaired) electrons. The van der Waals surface area contributed by atoms with E-state index in [1.165, 1.54) is 6.08 Å². The number of rotatable bonds is 4. The third-order valence-corrected chi connectivity index (χ3v) is 1.81. The summed E-state index contributed by atoms with van der Waals surface area (Å²) >= 11 is 0. The molecule has 0 aliphatic rings. The fourth-order valence-electron chi connectivity index (χ4n) is 1.07. The van der Waals surface area contributed by atoms with Crippen LogP contribution in [0.3, 0.4) is 0 Å². The van der Waals surface area contributed by atoms with E-state index in [9.17, 15) is 18.0 Å². The Morgan fingerprint density at radius 3 is 2.44 bits per heavy atom. The van der Waals surface area contributed by atoms with Gasteiger partial charge in [0.05, 0.1) is 0 Å². The van der Waals surface area contributed by atoms with E-state index in [0.717, 1.165) is 11.6 Å². The number of benzene rings is 1. The topological polar surface area (TPSA) is 26.3 Å². The molecule has 96 valence electrons. The Labute approximate surface area is 102 Å². The summed E-state index contributed by atoms with van der Waals surface area (Å²) in [4.78, 5) is 10.9. The summed E-state index contributed by atoms with van der Waals surface area (Å²) in [5, 5.41) is 0. The largest absolute Gasteiger partial charge is 0.453 e. The molecule has 0 unspecified atom stereocenters. The molecule has 1 aromatic carbocycles. The van der Waals surface area contributed by atoms with Crippen LogP contribution >= 0.6 is 0 Å². The third-order valence-electron chi connectivity index (χ3n) is 1.81. The maximum atomic E-state index is 11.7. The highest BCUT2D eigenvalue weighted by Gasteiger charge is 2.29. The van der Waals surface area contributed by atoms with E-state index >= 15 is 0 Å². The van der Waals surface area contributed by atoms with E-state index in [4.69, 9.17) is 0 Å². The fourth-order valence-corrected chi connectivity index (χ4v) is 1.07. The standard InChI is InChI=1S/C13H11F3O2/c14-13(15,16)10-18-12(17)9-5-4-8-11-6-2-1-3-7-11/h1-9H,10H2. The monoisotopic (exact) mass is 256 g/mol. The lowest BCUT2D eigenvalue weighted by Crippen LogP contribution is -2.19. The number of carbonyl (C=O) groups is 1. The van der Waals surface area contributed by atoms with Crippen LogP contribution in [0.4, 0.5) is 13.2 Å². The van der Waals surface area contributed by atoms with E-state index in [0.29, 0.717) is 0 Å². The second-order valence-electron chi connectivity index (χ2n) is 3.35. The quantitative estimate of drug-likeness (QED) is 0.469. The molecule has 0 aliphatic heterocycles. The van der Waals surface area contributed by atoms with Crippen molar-refractivity contribution in [1.29, 1.82) is 0 Å². The Hall–Kier alpha value is -2.04. The molecule has 18 heavy (non-hydrogen) atoms. The SMILES string of the molecule is O=C(C=CC=Cc1ccccc1)OCC(F)(F)F. The van der Waals surface area contributed by atoms with E-state index in [2.05, 4.69) is 4.74 Å². The molecule has 0 spiro atoms. The molecule has 0 saturated heterocycles. The molecule has 0 heterocycles. The molecule has 0 N–H and O–H groups in total. The van der Waals surface area contributed by atoms with Gasteiger partial charge in [-0.25, -0.2) is 4.79 Å². The molecule has 0 aliphatic carbocycles. The van der Waals surface area contributed by atoms with Crippen molar-refractivity contribution in [1.82, 2.24) is 0 Å². The van der Waals surface area contributed by atoms with Crippen LogP contribution in [0.15, 0.2) is 48.6 Å². The number of esters is 1. The van der Waals surface area contributed by atoms with Crippen molar-refractivity contribution < 1.29 is 22.7 Å². The van der Waals surface area contributed by atoms with Gasteiger partial charge in [0, 0.05) is 6.08 Å². The fraction of sp³-hybridized carbons (Fsp3) is 0.154. The van der Waals surface area contributed by atoms with Gasteiger partial charge in [0.1, 0.15) is 0 Å². The Kier molecular flexibility index (Phi) is 5.17. The van der Waals surface area contributed by atoms with Crippen LogP contribution in [-0.2, 0) is 9.53 Å². The van der Waals surface area contributed by atoms with Crippen molar-refractivity contribution in [2.75, 3.05) is 6.61 Å². The van der Waals surface area contributed by atoms with E-state index in [1.807, 2.05) is 30.3 Å². The summed E-state index contributed by atoms with van der Waals surface area (Å²) in [7, 11) is 0. The van der Waals surface area contributed by atoms with Gasteiger partial charge in [-0.05, 0) is 5.56 Å². The van der Waals surface area contributed by atoms with Crippen LogP contribution in [0.2, 0.25) is 0 Å². The molecule has 2 nitrogen and oxygen atoms in total. The summed E-state index contributed by atoms with van der Waals surface area (Å²) in [6, 6.07) is 9.27. The molecule has 0 bridgehead atoms.